The van der Waals surface area contributed by atoms with Gasteiger partial charge in [-0.2, -0.15) is 0 Å². The second-order valence-electron chi connectivity index (χ2n) is 9.60. The minimum absolute atomic E-state index is 0.338. The molecule has 2 aliphatic heterocycles. The smallest absolute Gasteiger partial charge is 0.341 e. The van der Waals surface area contributed by atoms with Crippen molar-refractivity contribution in [2.75, 3.05) is 17.1 Å². The van der Waals surface area contributed by atoms with Gasteiger partial charge in [0, 0.05) is 9.90 Å². The van der Waals surface area contributed by atoms with Crippen molar-refractivity contribution in [3.8, 4) is 0 Å². The average Bonchev–Trinajstić information content (AvgIpc) is 3.55. The topological polar surface area (TPSA) is 76.2 Å². The number of rotatable bonds is 4. The number of carbonyl (C=O) groups is 3. The summed E-state index contributed by atoms with van der Waals surface area (Å²) in [5.41, 5.74) is 3.87. The van der Waals surface area contributed by atoms with Gasteiger partial charge in [-0.1, -0.05) is 41.4 Å². The molecule has 2 amide bonds. The van der Waals surface area contributed by atoms with Gasteiger partial charge in [0.25, 0.3) is 5.91 Å². The molecule has 0 N–H and O–H groups in total. The van der Waals surface area contributed by atoms with Crippen molar-refractivity contribution in [1.82, 2.24) is 0 Å². The van der Waals surface area contributed by atoms with E-state index in [0.717, 1.165) is 47.3 Å². The maximum Gasteiger partial charge on any atom is 0.341 e. The summed E-state index contributed by atoms with van der Waals surface area (Å²) in [5, 5.41) is 2.57. The van der Waals surface area contributed by atoms with Crippen LogP contribution in [0.15, 0.2) is 48.5 Å². The number of imide groups is 1. The van der Waals surface area contributed by atoms with Gasteiger partial charge in [0.2, 0.25) is 5.91 Å². The zero-order chi connectivity index (χ0) is 25.8. The number of anilines is 2. The van der Waals surface area contributed by atoms with Crippen LogP contribution < -0.4 is 9.96 Å². The molecule has 9 heteroatoms. The van der Waals surface area contributed by atoms with E-state index in [0.29, 0.717) is 21.3 Å². The van der Waals surface area contributed by atoms with Crippen LogP contribution in [0.25, 0.3) is 0 Å². The van der Waals surface area contributed by atoms with Gasteiger partial charge in [-0.3, -0.25) is 14.4 Å². The zero-order valence-corrected chi connectivity index (χ0v) is 22.0. The van der Waals surface area contributed by atoms with E-state index in [2.05, 4.69) is 0 Å². The van der Waals surface area contributed by atoms with Crippen molar-refractivity contribution in [3.63, 3.8) is 0 Å². The molecule has 0 unspecified atom stereocenters. The Hall–Kier alpha value is -3.20. The Balaban J connectivity index is 1.44. The normalized spacial score (nSPS) is 22.8. The molecule has 3 aliphatic rings. The van der Waals surface area contributed by atoms with Crippen LogP contribution in [-0.4, -0.2) is 31.0 Å². The molecule has 37 heavy (non-hydrogen) atoms. The number of hydrogen-bond donors (Lipinski definition) is 0. The van der Waals surface area contributed by atoms with Gasteiger partial charge in [0.15, 0.2) is 6.10 Å². The summed E-state index contributed by atoms with van der Waals surface area (Å²) in [6.07, 6.45) is 2.50. The zero-order valence-electron chi connectivity index (χ0n) is 20.4. The maximum absolute atomic E-state index is 14.1. The van der Waals surface area contributed by atoms with E-state index in [1.165, 1.54) is 23.3 Å². The number of aryl methyl sites for hydroxylation is 2. The molecule has 0 saturated carbocycles. The largest absolute Gasteiger partial charge is 0.465 e. The molecule has 3 atom stereocenters. The van der Waals surface area contributed by atoms with Crippen LogP contribution in [0.4, 0.5) is 10.7 Å². The van der Waals surface area contributed by atoms with E-state index < -0.39 is 29.9 Å². The van der Waals surface area contributed by atoms with Gasteiger partial charge in [-0.15, -0.1) is 11.3 Å². The van der Waals surface area contributed by atoms with Crippen molar-refractivity contribution in [3.05, 3.63) is 80.7 Å². The highest BCUT2D eigenvalue weighted by Crippen LogP contribution is 2.50. The Labute approximate surface area is 223 Å². The monoisotopic (exact) mass is 536 g/mol. The average molecular weight is 537 g/mol. The summed E-state index contributed by atoms with van der Waals surface area (Å²) in [6.45, 7) is 1.99. The van der Waals surface area contributed by atoms with E-state index in [9.17, 15) is 14.4 Å². The molecule has 0 radical (unpaired) electrons. The third-order valence-corrected chi connectivity index (χ3v) is 8.89. The molecule has 190 valence electrons. The fourth-order valence-corrected chi connectivity index (χ4v) is 7.06. The number of amides is 2. The van der Waals surface area contributed by atoms with Crippen molar-refractivity contribution in [1.29, 1.82) is 0 Å². The van der Waals surface area contributed by atoms with E-state index in [4.69, 9.17) is 21.2 Å². The fraction of sp³-hybridized carbons (Fsp3) is 0.321. The summed E-state index contributed by atoms with van der Waals surface area (Å²) < 4.78 is 5.08. The minimum Gasteiger partial charge on any atom is -0.465 e. The molecule has 1 aliphatic carbocycles. The third kappa shape index (κ3) is 3.86. The Morgan fingerprint density at radius 2 is 1.73 bits per heavy atom. The van der Waals surface area contributed by atoms with Crippen LogP contribution in [0.1, 0.15) is 50.8 Å². The van der Waals surface area contributed by atoms with Crippen molar-refractivity contribution < 1.29 is 24.0 Å². The van der Waals surface area contributed by atoms with Crippen molar-refractivity contribution >= 4 is 51.4 Å². The number of fused-ring (bicyclic) bond motifs is 2. The lowest BCUT2D eigenvalue weighted by molar-refractivity contribution is -0.126. The molecule has 7 nitrogen and oxygen atoms in total. The lowest BCUT2D eigenvalue weighted by Crippen LogP contribution is -2.37. The van der Waals surface area contributed by atoms with E-state index in [1.807, 2.05) is 31.2 Å². The van der Waals surface area contributed by atoms with Crippen LogP contribution >= 0.6 is 22.9 Å². The molecule has 2 aromatic carbocycles. The first-order chi connectivity index (χ1) is 17.9. The quantitative estimate of drug-likeness (QED) is 0.327. The highest BCUT2D eigenvalue weighted by Gasteiger charge is 2.61. The van der Waals surface area contributed by atoms with Gasteiger partial charge in [-0.25, -0.2) is 14.8 Å². The standard InChI is InChI=1S/C28H25ClN2O5S/c1-15-7-9-16(10-8-15)23-22-24(36-31(23)18-13-11-17(29)12-14-18)26(33)30(25(22)32)27-21(28(34)35-2)19-5-3-4-6-20(19)37-27/h7-14,22-24H,3-6H2,1-2H3/t22-,23-,24-/m1/s1. The number of thiophene rings is 1. The molecule has 2 fully saturated rings. The summed E-state index contributed by atoms with van der Waals surface area (Å²) >= 11 is 7.45. The first-order valence-electron chi connectivity index (χ1n) is 12.3. The highest BCUT2D eigenvalue weighted by atomic mass is 35.5. The van der Waals surface area contributed by atoms with Gasteiger partial charge in [0.05, 0.1) is 24.4 Å². The van der Waals surface area contributed by atoms with Gasteiger partial charge < -0.3 is 4.74 Å². The first-order valence-corrected chi connectivity index (χ1v) is 13.5. The molecule has 2 saturated heterocycles. The number of halogens is 1. The molecular formula is C28H25ClN2O5S. The number of methoxy groups -OCH3 is 1. The number of esters is 1. The second-order valence-corrected chi connectivity index (χ2v) is 11.1. The predicted octanol–water partition coefficient (Wildman–Crippen LogP) is 5.43. The van der Waals surface area contributed by atoms with Gasteiger partial charge in [0.1, 0.15) is 10.9 Å². The van der Waals surface area contributed by atoms with Gasteiger partial charge in [-0.05, 0) is 68.0 Å². The van der Waals surface area contributed by atoms with E-state index >= 15 is 0 Å². The fourth-order valence-electron chi connectivity index (χ4n) is 5.55. The Kier molecular flexibility index (Phi) is 6.06. The molecule has 1 aromatic heterocycles. The number of hydroxylamine groups is 1. The highest BCUT2D eigenvalue weighted by molar-refractivity contribution is 7.17. The lowest BCUT2D eigenvalue weighted by atomic mass is 9.90. The Morgan fingerprint density at radius 1 is 1.03 bits per heavy atom. The van der Waals surface area contributed by atoms with Crippen LogP contribution in [-0.2, 0) is 32.0 Å². The van der Waals surface area contributed by atoms with Crippen molar-refractivity contribution in [2.45, 2.75) is 44.8 Å². The van der Waals surface area contributed by atoms with Gasteiger partial charge >= 0.3 is 5.97 Å². The van der Waals surface area contributed by atoms with Crippen LogP contribution in [0.5, 0.6) is 0 Å². The maximum atomic E-state index is 14.1. The van der Waals surface area contributed by atoms with E-state index in [-0.39, 0.29) is 5.91 Å². The predicted molar refractivity (Wildman–Crippen MR) is 141 cm³/mol. The van der Waals surface area contributed by atoms with E-state index in [1.54, 1.807) is 29.3 Å². The Morgan fingerprint density at radius 3 is 2.43 bits per heavy atom. The molecular weight excluding hydrogens is 512 g/mol. The molecule has 3 aromatic rings. The molecule has 0 spiro atoms. The molecule has 3 heterocycles. The lowest BCUT2D eigenvalue weighted by Gasteiger charge is -2.28. The second kappa shape index (κ2) is 9.28. The number of hydrogen-bond acceptors (Lipinski definition) is 7. The number of carbonyl (C=O) groups excluding carboxylic acids is 3. The first kappa shape index (κ1) is 24.2. The summed E-state index contributed by atoms with van der Waals surface area (Å²) in [4.78, 5) is 49.2. The SMILES string of the molecule is COC(=O)c1c(N2C(=O)[C@@H]3[C@@H](c4ccc(C)cc4)N(c4ccc(Cl)cc4)O[C@H]3C2=O)sc2c1CCCC2. The van der Waals surface area contributed by atoms with Crippen LogP contribution in [0.2, 0.25) is 5.02 Å². The van der Waals surface area contributed by atoms with Crippen LogP contribution in [0.3, 0.4) is 0 Å². The van der Waals surface area contributed by atoms with Crippen LogP contribution in [0, 0.1) is 12.8 Å². The number of nitrogens with zero attached hydrogens (tertiary/aromatic N) is 2. The Bertz CT molecular complexity index is 1400. The third-order valence-electron chi connectivity index (χ3n) is 7.36. The molecule has 0 bridgehead atoms. The summed E-state index contributed by atoms with van der Waals surface area (Å²) in [5.74, 6) is -2.14. The van der Waals surface area contributed by atoms with Crippen molar-refractivity contribution in [2.24, 2.45) is 5.92 Å². The minimum atomic E-state index is -1.01. The number of ether oxygens (including phenoxy) is 1. The number of benzene rings is 2. The summed E-state index contributed by atoms with van der Waals surface area (Å²) in [6, 6.07) is 14.4. The molecule has 6 rings (SSSR count). The summed E-state index contributed by atoms with van der Waals surface area (Å²) in [7, 11) is 1.32.